The van der Waals surface area contributed by atoms with Crippen LogP contribution in [-0.4, -0.2) is 45.8 Å². The highest BCUT2D eigenvalue weighted by Gasteiger charge is 2.41. The van der Waals surface area contributed by atoms with Crippen molar-refractivity contribution in [2.75, 3.05) is 18.4 Å². The number of nitrogens with one attached hydrogen (secondary N) is 3. The van der Waals surface area contributed by atoms with Crippen LogP contribution in [0.2, 0.25) is 0 Å². The number of rotatable bonds is 6. The van der Waals surface area contributed by atoms with Gasteiger partial charge in [-0.25, -0.2) is 0 Å². The van der Waals surface area contributed by atoms with E-state index in [9.17, 15) is 4.79 Å². The summed E-state index contributed by atoms with van der Waals surface area (Å²) < 4.78 is 0. The number of amides is 1. The number of anilines is 1. The molecule has 6 nitrogen and oxygen atoms in total. The highest BCUT2D eigenvalue weighted by Crippen LogP contribution is 2.34. The van der Waals surface area contributed by atoms with Crippen molar-refractivity contribution in [3.05, 3.63) is 71.5 Å². The Morgan fingerprint density at radius 3 is 2.71 bits per heavy atom. The molecular formula is C25H29N5O. The first-order chi connectivity index (χ1) is 14.9. The lowest BCUT2D eigenvalue weighted by molar-refractivity contribution is 0.0650. The average Bonchev–Trinajstić information content (AvgIpc) is 3.40. The van der Waals surface area contributed by atoms with Crippen molar-refractivity contribution in [1.82, 2.24) is 15.1 Å². The van der Waals surface area contributed by atoms with Crippen LogP contribution < -0.4 is 5.32 Å². The third kappa shape index (κ3) is 4.38. The number of carbonyl (C=O) groups excluding carboxylic acids is 1. The number of benzene rings is 2. The van der Waals surface area contributed by atoms with Crippen LogP contribution >= 0.6 is 0 Å². The van der Waals surface area contributed by atoms with Gasteiger partial charge < -0.3 is 15.6 Å². The zero-order valence-corrected chi connectivity index (χ0v) is 18.3. The molecule has 0 radical (unpaired) electrons. The first-order valence-electron chi connectivity index (χ1n) is 10.6. The molecule has 31 heavy (non-hydrogen) atoms. The summed E-state index contributed by atoms with van der Waals surface area (Å²) >= 11 is 0. The van der Waals surface area contributed by atoms with Gasteiger partial charge in [0.2, 0.25) is 0 Å². The fraction of sp³-hybridized carbons (Fsp3) is 0.320. The quantitative estimate of drug-likeness (QED) is 0.509. The van der Waals surface area contributed by atoms with Crippen LogP contribution in [0.3, 0.4) is 0 Å². The number of likely N-dealkylation sites (tertiary alicyclic amines) is 1. The predicted molar refractivity (Wildman–Crippen MR) is 125 cm³/mol. The Morgan fingerprint density at radius 2 is 2.03 bits per heavy atom. The molecule has 0 bridgehead atoms. The van der Waals surface area contributed by atoms with E-state index in [0.717, 1.165) is 53.0 Å². The molecule has 1 aromatic heterocycles. The van der Waals surface area contributed by atoms with E-state index in [2.05, 4.69) is 29.4 Å². The van der Waals surface area contributed by atoms with Crippen molar-refractivity contribution >= 4 is 17.8 Å². The smallest absolute Gasteiger partial charge is 0.254 e. The van der Waals surface area contributed by atoms with Crippen LogP contribution in [0, 0.1) is 18.3 Å². The van der Waals surface area contributed by atoms with Crippen LogP contribution in [0.15, 0.2) is 54.9 Å². The minimum absolute atomic E-state index is 0.0946. The standard InChI is InChI=1S/C25H29N5O/c1-17-4-6-19(7-5-17)24(31)30-16-18(11-25(30,2)3)13-27-23-9-8-20(10-21(23)12-26)22-14-28-29-15-22/h4-10,12,14-15,18,26-27H,11,13,16H2,1-3H3,(H,28,29). The van der Waals surface area contributed by atoms with Gasteiger partial charge in [0, 0.05) is 53.4 Å². The normalized spacial score (nSPS) is 17.5. The molecular weight excluding hydrogens is 386 g/mol. The van der Waals surface area contributed by atoms with E-state index in [0.29, 0.717) is 5.92 Å². The number of aromatic nitrogens is 2. The van der Waals surface area contributed by atoms with Crippen LogP contribution in [0.25, 0.3) is 11.1 Å². The minimum Gasteiger partial charge on any atom is -0.384 e. The Balaban J connectivity index is 1.44. The largest absolute Gasteiger partial charge is 0.384 e. The zero-order chi connectivity index (χ0) is 22.0. The summed E-state index contributed by atoms with van der Waals surface area (Å²) in [5.41, 5.74) is 5.50. The first-order valence-corrected chi connectivity index (χ1v) is 10.6. The van der Waals surface area contributed by atoms with Gasteiger partial charge >= 0.3 is 0 Å². The van der Waals surface area contributed by atoms with E-state index < -0.39 is 0 Å². The number of H-pyrrole nitrogens is 1. The first kappa shape index (κ1) is 20.8. The van der Waals surface area contributed by atoms with Crippen LogP contribution in [-0.2, 0) is 0 Å². The van der Waals surface area contributed by atoms with Gasteiger partial charge in [-0.1, -0.05) is 23.8 Å². The lowest BCUT2D eigenvalue weighted by atomic mass is 9.96. The van der Waals surface area contributed by atoms with Gasteiger partial charge in [0.25, 0.3) is 5.91 Å². The summed E-state index contributed by atoms with van der Waals surface area (Å²) in [6, 6.07) is 13.8. The molecule has 1 aliphatic heterocycles. The molecule has 0 spiro atoms. The second-order valence-electron chi connectivity index (χ2n) is 8.98. The molecule has 4 rings (SSSR count). The maximum absolute atomic E-state index is 13.1. The maximum atomic E-state index is 13.1. The molecule has 1 saturated heterocycles. The van der Waals surface area contributed by atoms with Crippen molar-refractivity contribution in [1.29, 1.82) is 5.41 Å². The van der Waals surface area contributed by atoms with Crippen molar-refractivity contribution in [2.45, 2.75) is 32.7 Å². The maximum Gasteiger partial charge on any atom is 0.254 e. The Kier molecular flexibility index (Phi) is 5.63. The summed E-state index contributed by atoms with van der Waals surface area (Å²) in [5.74, 6) is 0.439. The van der Waals surface area contributed by atoms with E-state index >= 15 is 0 Å². The van der Waals surface area contributed by atoms with Gasteiger partial charge in [-0.3, -0.25) is 9.89 Å². The average molecular weight is 416 g/mol. The fourth-order valence-corrected chi connectivity index (χ4v) is 4.42. The topological polar surface area (TPSA) is 84.9 Å². The third-order valence-corrected chi connectivity index (χ3v) is 6.12. The van der Waals surface area contributed by atoms with E-state index in [4.69, 9.17) is 5.41 Å². The molecule has 2 aromatic carbocycles. The Morgan fingerprint density at radius 1 is 1.26 bits per heavy atom. The van der Waals surface area contributed by atoms with Gasteiger partial charge in [0.05, 0.1) is 6.20 Å². The monoisotopic (exact) mass is 415 g/mol. The molecule has 1 amide bonds. The van der Waals surface area contributed by atoms with Crippen molar-refractivity contribution < 1.29 is 4.79 Å². The van der Waals surface area contributed by atoms with Gasteiger partial charge in [0.1, 0.15) is 0 Å². The molecule has 3 N–H and O–H groups in total. The summed E-state index contributed by atoms with van der Waals surface area (Å²) in [6.07, 6.45) is 5.93. The molecule has 1 aliphatic rings. The summed E-state index contributed by atoms with van der Waals surface area (Å²) in [6.45, 7) is 7.79. The second kappa shape index (κ2) is 8.38. The third-order valence-electron chi connectivity index (χ3n) is 6.12. The Labute approximate surface area is 183 Å². The molecule has 0 aliphatic carbocycles. The number of aryl methyl sites for hydroxylation is 1. The second-order valence-corrected chi connectivity index (χ2v) is 8.98. The van der Waals surface area contributed by atoms with Gasteiger partial charge in [0.15, 0.2) is 0 Å². The van der Waals surface area contributed by atoms with E-state index in [1.165, 1.54) is 6.21 Å². The molecule has 1 unspecified atom stereocenters. The van der Waals surface area contributed by atoms with E-state index in [1.54, 1.807) is 6.20 Å². The molecule has 0 saturated carbocycles. The summed E-state index contributed by atoms with van der Waals surface area (Å²) in [4.78, 5) is 15.1. The van der Waals surface area contributed by atoms with Crippen molar-refractivity contribution in [3.8, 4) is 11.1 Å². The van der Waals surface area contributed by atoms with Gasteiger partial charge in [-0.2, -0.15) is 5.10 Å². The number of aromatic amines is 1. The van der Waals surface area contributed by atoms with Crippen molar-refractivity contribution in [2.24, 2.45) is 5.92 Å². The lowest BCUT2D eigenvalue weighted by Crippen LogP contribution is -2.42. The summed E-state index contributed by atoms with van der Waals surface area (Å²) in [5, 5.41) is 18.1. The molecule has 2 heterocycles. The fourth-order valence-electron chi connectivity index (χ4n) is 4.42. The van der Waals surface area contributed by atoms with Crippen LogP contribution in [0.4, 0.5) is 5.69 Å². The highest BCUT2D eigenvalue weighted by molar-refractivity contribution is 5.95. The van der Waals surface area contributed by atoms with Gasteiger partial charge in [-0.05, 0) is 62.9 Å². The molecule has 6 heteroatoms. The number of hydrogen-bond donors (Lipinski definition) is 3. The molecule has 1 atom stereocenters. The van der Waals surface area contributed by atoms with E-state index in [-0.39, 0.29) is 11.4 Å². The Hall–Kier alpha value is -3.41. The number of hydrogen-bond acceptors (Lipinski definition) is 4. The molecule has 160 valence electrons. The van der Waals surface area contributed by atoms with Crippen molar-refractivity contribution in [3.63, 3.8) is 0 Å². The van der Waals surface area contributed by atoms with E-state index in [1.807, 2.05) is 60.5 Å². The number of carbonyl (C=O) groups is 1. The van der Waals surface area contributed by atoms with Crippen LogP contribution in [0.1, 0.15) is 41.8 Å². The summed E-state index contributed by atoms with van der Waals surface area (Å²) in [7, 11) is 0. The van der Waals surface area contributed by atoms with Gasteiger partial charge in [-0.15, -0.1) is 0 Å². The Bertz CT molecular complexity index is 1070. The highest BCUT2D eigenvalue weighted by atomic mass is 16.2. The van der Waals surface area contributed by atoms with Crippen LogP contribution in [0.5, 0.6) is 0 Å². The molecule has 1 fully saturated rings. The lowest BCUT2D eigenvalue weighted by Gasteiger charge is -2.31. The molecule has 3 aromatic rings. The number of nitrogens with zero attached hydrogens (tertiary/aromatic N) is 2. The zero-order valence-electron chi connectivity index (χ0n) is 18.3. The minimum atomic E-state index is -0.191. The predicted octanol–water partition coefficient (Wildman–Crippen LogP) is 4.74. The SMILES string of the molecule is Cc1ccc(C(=O)N2CC(CNc3ccc(-c4cn[nH]c4)cc3C=N)CC2(C)C)cc1.